The number of aliphatic hydroxyl groups is 1. The molecule has 0 saturated carbocycles. The molecule has 1 amide bonds. The van der Waals surface area contributed by atoms with Crippen LogP contribution in [0.1, 0.15) is 37.7 Å². The molecule has 96 valence electrons. The fraction of sp³-hybridized carbons (Fsp3) is 0.583. The van der Waals surface area contributed by atoms with Crippen molar-refractivity contribution in [3.05, 3.63) is 22.4 Å². The summed E-state index contributed by atoms with van der Waals surface area (Å²) >= 11 is 1.55. The molecule has 1 heterocycles. The quantitative estimate of drug-likeness (QED) is 0.690. The summed E-state index contributed by atoms with van der Waals surface area (Å²) in [6, 6.07) is 4.03. The molecule has 1 aromatic heterocycles. The number of amides is 1. The SMILES string of the molecule is CC(CC(N)=O)NC(C)CC(O)c1cccs1. The Morgan fingerprint density at radius 1 is 1.53 bits per heavy atom. The minimum Gasteiger partial charge on any atom is -0.388 e. The highest BCUT2D eigenvalue weighted by Gasteiger charge is 2.15. The molecule has 17 heavy (non-hydrogen) atoms. The molecule has 1 aromatic rings. The van der Waals surface area contributed by atoms with Crippen LogP contribution in [-0.2, 0) is 4.79 Å². The molecular formula is C12H20N2O2S. The average molecular weight is 256 g/mol. The van der Waals surface area contributed by atoms with E-state index in [0.717, 1.165) is 4.88 Å². The van der Waals surface area contributed by atoms with Gasteiger partial charge in [-0.25, -0.2) is 0 Å². The molecule has 5 heteroatoms. The number of aliphatic hydroxyl groups excluding tert-OH is 1. The summed E-state index contributed by atoms with van der Waals surface area (Å²) in [7, 11) is 0. The topological polar surface area (TPSA) is 75.4 Å². The van der Waals surface area contributed by atoms with Gasteiger partial charge in [-0.15, -0.1) is 11.3 Å². The van der Waals surface area contributed by atoms with E-state index in [-0.39, 0.29) is 18.0 Å². The molecule has 3 unspecified atom stereocenters. The van der Waals surface area contributed by atoms with Crippen LogP contribution in [0, 0.1) is 0 Å². The van der Waals surface area contributed by atoms with E-state index >= 15 is 0 Å². The molecule has 4 nitrogen and oxygen atoms in total. The van der Waals surface area contributed by atoms with E-state index in [1.54, 1.807) is 11.3 Å². The maximum atomic E-state index is 10.7. The Balaban J connectivity index is 2.34. The third-order valence-electron chi connectivity index (χ3n) is 2.52. The van der Waals surface area contributed by atoms with Gasteiger partial charge in [-0.3, -0.25) is 4.79 Å². The van der Waals surface area contributed by atoms with Crippen LogP contribution >= 0.6 is 11.3 Å². The van der Waals surface area contributed by atoms with E-state index in [2.05, 4.69) is 5.32 Å². The van der Waals surface area contributed by atoms with E-state index in [0.29, 0.717) is 12.8 Å². The van der Waals surface area contributed by atoms with Crippen molar-refractivity contribution < 1.29 is 9.90 Å². The molecule has 0 radical (unpaired) electrons. The third kappa shape index (κ3) is 5.30. The lowest BCUT2D eigenvalue weighted by atomic mass is 10.1. The van der Waals surface area contributed by atoms with E-state index in [4.69, 9.17) is 5.73 Å². The van der Waals surface area contributed by atoms with Crippen LogP contribution in [0.5, 0.6) is 0 Å². The molecule has 0 bridgehead atoms. The molecular weight excluding hydrogens is 236 g/mol. The van der Waals surface area contributed by atoms with Crippen molar-refractivity contribution >= 4 is 17.2 Å². The first-order chi connectivity index (χ1) is 7.99. The van der Waals surface area contributed by atoms with Crippen LogP contribution < -0.4 is 11.1 Å². The predicted octanol–water partition coefficient (Wildman–Crippen LogP) is 1.41. The zero-order chi connectivity index (χ0) is 12.8. The summed E-state index contributed by atoms with van der Waals surface area (Å²) in [4.78, 5) is 11.7. The van der Waals surface area contributed by atoms with E-state index in [1.807, 2.05) is 31.4 Å². The summed E-state index contributed by atoms with van der Waals surface area (Å²) in [5.41, 5.74) is 5.12. The number of hydrogen-bond donors (Lipinski definition) is 3. The van der Waals surface area contributed by atoms with Gasteiger partial charge in [0.15, 0.2) is 0 Å². The first-order valence-corrected chi connectivity index (χ1v) is 6.62. The molecule has 0 spiro atoms. The van der Waals surface area contributed by atoms with Gasteiger partial charge in [0.2, 0.25) is 5.91 Å². The van der Waals surface area contributed by atoms with Crippen molar-refractivity contribution in [2.24, 2.45) is 5.73 Å². The molecule has 0 aromatic carbocycles. The van der Waals surface area contributed by atoms with Crippen LogP contribution in [0.25, 0.3) is 0 Å². The number of carbonyl (C=O) groups excluding carboxylic acids is 1. The first-order valence-electron chi connectivity index (χ1n) is 5.75. The van der Waals surface area contributed by atoms with Gasteiger partial charge in [0, 0.05) is 23.4 Å². The van der Waals surface area contributed by atoms with Gasteiger partial charge < -0.3 is 16.2 Å². The van der Waals surface area contributed by atoms with Crippen molar-refractivity contribution in [2.75, 3.05) is 0 Å². The largest absolute Gasteiger partial charge is 0.388 e. The Labute approximate surface area is 106 Å². The Hall–Kier alpha value is -0.910. The van der Waals surface area contributed by atoms with Crippen molar-refractivity contribution in [3.63, 3.8) is 0 Å². The van der Waals surface area contributed by atoms with E-state index in [9.17, 15) is 9.90 Å². The third-order valence-corrected chi connectivity index (χ3v) is 3.50. The van der Waals surface area contributed by atoms with Gasteiger partial charge in [-0.05, 0) is 31.7 Å². The minimum atomic E-state index is -0.446. The molecule has 0 fully saturated rings. The summed E-state index contributed by atoms with van der Waals surface area (Å²) < 4.78 is 0. The maximum absolute atomic E-state index is 10.7. The Bertz CT molecular complexity index is 340. The fourth-order valence-electron chi connectivity index (χ4n) is 1.85. The molecule has 0 aliphatic heterocycles. The van der Waals surface area contributed by atoms with Crippen LogP contribution in [0.4, 0.5) is 0 Å². The van der Waals surface area contributed by atoms with Crippen LogP contribution in [0.3, 0.4) is 0 Å². The van der Waals surface area contributed by atoms with Gasteiger partial charge in [-0.1, -0.05) is 6.07 Å². The second kappa shape index (κ2) is 6.74. The summed E-state index contributed by atoms with van der Waals surface area (Å²) in [6.45, 7) is 3.91. The van der Waals surface area contributed by atoms with E-state index < -0.39 is 6.10 Å². The summed E-state index contributed by atoms with van der Waals surface area (Å²) in [6.07, 6.45) is 0.501. The first kappa shape index (κ1) is 14.2. The highest BCUT2D eigenvalue weighted by molar-refractivity contribution is 7.10. The lowest BCUT2D eigenvalue weighted by molar-refractivity contribution is -0.118. The molecule has 0 aliphatic rings. The predicted molar refractivity (Wildman–Crippen MR) is 69.8 cm³/mol. The molecule has 0 aliphatic carbocycles. The van der Waals surface area contributed by atoms with Crippen molar-refractivity contribution in [1.29, 1.82) is 0 Å². The number of rotatable bonds is 7. The van der Waals surface area contributed by atoms with Gasteiger partial charge in [0.05, 0.1) is 6.10 Å². The smallest absolute Gasteiger partial charge is 0.218 e. The Kier molecular flexibility index (Phi) is 5.61. The normalized spacial score (nSPS) is 16.4. The highest BCUT2D eigenvalue weighted by Crippen LogP contribution is 2.22. The number of carbonyl (C=O) groups is 1. The molecule has 1 rings (SSSR count). The van der Waals surface area contributed by atoms with Gasteiger partial charge >= 0.3 is 0 Å². The lowest BCUT2D eigenvalue weighted by Gasteiger charge is -2.21. The van der Waals surface area contributed by atoms with Crippen molar-refractivity contribution in [2.45, 2.75) is 44.9 Å². The number of nitrogens with one attached hydrogen (secondary N) is 1. The minimum absolute atomic E-state index is 0.0398. The Morgan fingerprint density at radius 2 is 2.24 bits per heavy atom. The number of primary amides is 1. The van der Waals surface area contributed by atoms with Crippen molar-refractivity contribution in [3.8, 4) is 0 Å². The van der Waals surface area contributed by atoms with Crippen LogP contribution in [0.15, 0.2) is 17.5 Å². The Morgan fingerprint density at radius 3 is 2.76 bits per heavy atom. The monoisotopic (exact) mass is 256 g/mol. The zero-order valence-electron chi connectivity index (χ0n) is 10.2. The second-order valence-electron chi connectivity index (χ2n) is 4.41. The number of thiophene rings is 1. The molecule has 4 N–H and O–H groups in total. The number of nitrogens with two attached hydrogens (primary N) is 1. The van der Waals surface area contributed by atoms with E-state index in [1.165, 1.54) is 0 Å². The van der Waals surface area contributed by atoms with Gasteiger partial charge in [-0.2, -0.15) is 0 Å². The van der Waals surface area contributed by atoms with Gasteiger partial charge in [0.25, 0.3) is 0 Å². The summed E-state index contributed by atoms with van der Waals surface area (Å²) in [5, 5.41) is 15.2. The summed E-state index contributed by atoms with van der Waals surface area (Å²) in [5.74, 6) is -0.309. The van der Waals surface area contributed by atoms with Crippen molar-refractivity contribution in [1.82, 2.24) is 5.32 Å². The average Bonchev–Trinajstić information content (AvgIpc) is 2.67. The van der Waals surface area contributed by atoms with Gasteiger partial charge in [0.1, 0.15) is 0 Å². The fourth-order valence-corrected chi connectivity index (χ4v) is 2.57. The number of hydrogen-bond acceptors (Lipinski definition) is 4. The molecule has 3 atom stereocenters. The standard InChI is InChI=1S/C12H20N2O2S/c1-8(14-9(2)7-12(13)16)6-10(15)11-4-3-5-17-11/h3-5,8-10,14-15H,6-7H2,1-2H3,(H2,13,16). The van der Waals surface area contributed by atoms with Crippen LogP contribution in [0.2, 0.25) is 0 Å². The lowest BCUT2D eigenvalue weighted by Crippen LogP contribution is -2.38. The maximum Gasteiger partial charge on any atom is 0.218 e. The molecule has 0 saturated heterocycles. The van der Waals surface area contributed by atoms with Crippen LogP contribution in [-0.4, -0.2) is 23.1 Å². The second-order valence-corrected chi connectivity index (χ2v) is 5.39. The zero-order valence-corrected chi connectivity index (χ0v) is 11.0. The highest BCUT2D eigenvalue weighted by atomic mass is 32.1.